The molecule has 0 saturated heterocycles. The maximum atomic E-state index is 12.3. The number of rotatable bonds is 8. The number of hydrogen-bond acceptors (Lipinski definition) is 7. The Bertz CT molecular complexity index is 1250. The van der Waals surface area contributed by atoms with E-state index in [9.17, 15) is 8.42 Å². The van der Waals surface area contributed by atoms with Crippen molar-refractivity contribution in [3.8, 4) is 6.07 Å². The predicted molar refractivity (Wildman–Crippen MR) is 124 cm³/mol. The molecule has 32 heavy (non-hydrogen) atoms. The Morgan fingerprint density at radius 1 is 1.06 bits per heavy atom. The Morgan fingerprint density at radius 2 is 1.69 bits per heavy atom. The fourth-order valence-electron chi connectivity index (χ4n) is 3.18. The third-order valence-electron chi connectivity index (χ3n) is 5.24. The quantitative estimate of drug-likeness (QED) is 0.534. The zero-order chi connectivity index (χ0) is 22.7. The van der Waals surface area contributed by atoms with Crippen LogP contribution in [-0.2, 0) is 16.6 Å². The normalized spacial score (nSPS) is 13.6. The molecule has 9 heteroatoms. The Hall–Kier alpha value is -3.48. The SMILES string of the molecule is Cc1cnc(Nc2ccc(C#N)cc2)nc1Nc1ccc(CN(C)S(=O)(=O)C2CC2)cc1. The van der Waals surface area contributed by atoms with Gasteiger partial charge in [0, 0.05) is 36.7 Å². The summed E-state index contributed by atoms with van der Waals surface area (Å²) in [6, 6.07) is 16.8. The zero-order valence-electron chi connectivity index (χ0n) is 17.9. The molecule has 4 rings (SSSR count). The molecule has 0 aliphatic heterocycles. The highest BCUT2D eigenvalue weighted by molar-refractivity contribution is 7.90. The van der Waals surface area contributed by atoms with Gasteiger partial charge in [0.25, 0.3) is 0 Å². The van der Waals surface area contributed by atoms with Crippen molar-refractivity contribution in [1.29, 1.82) is 5.26 Å². The molecule has 2 aromatic carbocycles. The number of aromatic nitrogens is 2. The van der Waals surface area contributed by atoms with Gasteiger partial charge in [-0.05, 0) is 61.7 Å². The van der Waals surface area contributed by atoms with Crippen LogP contribution in [0, 0.1) is 18.3 Å². The molecule has 8 nitrogen and oxygen atoms in total. The molecule has 1 aliphatic carbocycles. The summed E-state index contributed by atoms with van der Waals surface area (Å²) in [5, 5.41) is 15.1. The van der Waals surface area contributed by atoms with Gasteiger partial charge in [0.15, 0.2) is 0 Å². The van der Waals surface area contributed by atoms with Gasteiger partial charge in [0.2, 0.25) is 16.0 Å². The van der Waals surface area contributed by atoms with Gasteiger partial charge >= 0.3 is 0 Å². The fourth-order valence-corrected chi connectivity index (χ4v) is 4.75. The first-order valence-corrected chi connectivity index (χ1v) is 11.8. The van der Waals surface area contributed by atoms with E-state index in [2.05, 4.69) is 26.7 Å². The summed E-state index contributed by atoms with van der Waals surface area (Å²) in [5.74, 6) is 1.10. The summed E-state index contributed by atoms with van der Waals surface area (Å²) in [6.07, 6.45) is 3.25. The molecule has 1 aromatic heterocycles. The second kappa shape index (κ2) is 8.94. The smallest absolute Gasteiger partial charge is 0.229 e. The molecular weight excluding hydrogens is 424 g/mol. The van der Waals surface area contributed by atoms with E-state index in [-0.39, 0.29) is 5.25 Å². The Morgan fingerprint density at radius 3 is 2.31 bits per heavy atom. The van der Waals surface area contributed by atoms with E-state index < -0.39 is 10.0 Å². The van der Waals surface area contributed by atoms with E-state index >= 15 is 0 Å². The summed E-state index contributed by atoms with van der Waals surface area (Å²) in [5.41, 5.74) is 4.02. The summed E-state index contributed by atoms with van der Waals surface area (Å²) in [6.45, 7) is 2.27. The Balaban J connectivity index is 1.43. The Labute approximate surface area is 188 Å². The number of nitriles is 1. The van der Waals surface area contributed by atoms with E-state index in [1.54, 1.807) is 37.5 Å². The summed E-state index contributed by atoms with van der Waals surface area (Å²) >= 11 is 0. The third-order valence-corrected chi connectivity index (χ3v) is 7.56. The van der Waals surface area contributed by atoms with Crippen LogP contribution in [0.15, 0.2) is 54.7 Å². The van der Waals surface area contributed by atoms with Gasteiger partial charge in [0.05, 0.1) is 16.9 Å². The highest BCUT2D eigenvalue weighted by Gasteiger charge is 2.38. The van der Waals surface area contributed by atoms with Gasteiger partial charge in [-0.15, -0.1) is 0 Å². The Kier molecular flexibility index (Phi) is 6.08. The molecule has 0 atom stereocenters. The second-order valence-corrected chi connectivity index (χ2v) is 10.2. The van der Waals surface area contributed by atoms with E-state index in [1.807, 2.05) is 31.2 Å². The van der Waals surface area contributed by atoms with Crippen molar-refractivity contribution in [2.24, 2.45) is 0 Å². The lowest BCUT2D eigenvalue weighted by atomic mass is 10.2. The fraction of sp³-hybridized carbons (Fsp3) is 0.261. The monoisotopic (exact) mass is 448 g/mol. The lowest BCUT2D eigenvalue weighted by molar-refractivity contribution is 0.465. The number of benzene rings is 2. The van der Waals surface area contributed by atoms with Crippen molar-refractivity contribution < 1.29 is 8.42 Å². The first-order valence-electron chi connectivity index (χ1n) is 10.3. The molecule has 1 saturated carbocycles. The second-order valence-electron chi connectivity index (χ2n) is 7.86. The van der Waals surface area contributed by atoms with Crippen molar-refractivity contribution >= 4 is 33.2 Å². The number of nitrogens with one attached hydrogen (secondary N) is 2. The molecule has 3 aromatic rings. The summed E-state index contributed by atoms with van der Waals surface area (Å²) in [7, 11) is -1.55. The first kappa shape index (κ1) is 21.7. The zero-order valence-corrected chi connectivity index (χ0v) is 18.7. The van der Waals surface area contributed by atoms with Gasteiger partial charge in [-0.2, -0.15) is 10.2 Å². The lowest BCUT2D eigenvalue weighted by Crippen LogP contribution is -2.29. The minimum absolute atomic E-state index is 0.207. The molecule has 2 N–H and O–H groups in total. The van der Waals surface area contributed by atoms with Crippen LogP contribution in [0.1, 0.15) is 29.5 Å². The van der Waals surface area contributed by atoms with Gasteiger partial charge in [-0.1, -0.05) is 12.1 Å². The summed E-state index contributed by atoms with van der Waals surface area (Å²) < 4.78 is 26.1. The average Bonchev–Trinajstić information content (AvgIpc) is 3.64. The number of nitrogens with zero attached hydrogens (tertiary/aromatic N) is 4. The van der Waals surface area contributed by atoms with Crippen LogP contribution in [0.4, 0.5) is 23.1 Å². The van der Waals surface area contributed by atoms with E-state index in [0.717, 1.165) is 35.3 Å². The molecule has 0 radical (unpaired) electrons. The average molecular weight is 449 g/mol. The van der Waals surface area contributed by atoms with E-state index in [1.165, 1.54) is 4.31 Å². The van der Waals surface area contributed by atoms with Crippen LogP contribution in [0.25, 0.3) is 0 Å². The molecule has 164 valence electrons. The molecule has 1 aliphatic rings. The van der Waals surface area contributed by atoms with Crippen LogP contribution >= 0.6 is 0 Å². The number of sulfonamides is 1. The molecule has 0 bridgehead atoms. The minimum atomic E-state index is -3.18. The topological polar surface area (TPSA) is 111 Å². The first-order chi connectivity index (χ1) is 15.3. The van der Waals surface area contributed by atoms with Crippen molar-refractivity contribution in [2.75, 3.05) is 17.7 Å². The van der Waals surface area contributed by atoms with E-state index in [4.69, 9.17) is 5.26 Å². The van der Waals surface area contributed by atoms with Crippen molar-refractivity contribution in [1.82, 2.24) is 14.3 Å². The predicted octanol–water partition coefficient (Wildman–Crippen LogP) is 4.07. The summed E-state index contributed by atoms with van der Waals surface area (Å²) in [4.78, 5) is 8.87. The lowest BCUT2D eigenvalue weighted by Gasteiger charge is -2.17. The van der Waals surface area contributed by atoms with Crippen LogP contribution in [0.2, 0.25) is 0 Å². The molecule has 1 heterocycles. The minimum Gasteiger partial charge on any atom is -0.340 e. The maximum Gasteiger partial charge on any atom is 0.229 e. The standard InChI is InChI=1S/C23H24N6O2S/c1-16-14-25-23(27-20-7-3-17(13-24)4-8-20)28-22(16)26-19-9-5-18(6-10-19)15-29(2)32(30,31)21-11-12-21/h3-10,14,21H,11-12,15H2,1-2H3,(H2,25,26,27,28). The van der Waals surface area contributed by atoms with Gasteiger partial charge in [0.1, 0.15) is 5.82 Å². The van der Waals surface area contributed by atoms with Crippen LogP contribution in [-0.4, -0.2) is 35.0 Å². The number of anilines is 4. The maximum absolute atomic E-state index is 12.3. The van der Waals surface area contributed by atoms with Gasteiger partial charge < -0.3 is 10.6 Å². The molecular formula is C23H24N6O2S. The highest BCUT2D eigenvalue weighted by atomic mass is 32.2. The molecule has 1 fully saturated rings. The third kappa shape index (κ3) is 5.04. The van der Waals surface area contributed by atoms with Gasteiger partial charge in [-0.3, -0.25) is 0 Å². The molecule has 0 amide bonds. The number of aryl methyl sites for hydroxylation is 1. The molecule has 0 unspecified atom stereocenters. The van der Waals surface area contributed by atoms with Crippen molar-refractivity contribution in [3.05, 3.63) is 71.4 Å². The van der Waals surface area contributed by atoms with Crippen LogP contribution in [0.5, 0.6) is 0 Å². The van der Waals surface area contributed by atoms with Crippen molar-refractivity contribution in [3.63, 3.8) is 0 Å². The van der Waals surface area contributed by atoms with Gasteiger partial charge in [-0.25, -0.2) is 17.7 Å². The highest BCUT2D eigenvalue weighted by Crippen LogP contribution is 2.31. The molecule has 0 spiro atoms. The van der Waals surface area contributed by atoms with Crippen LogP contribution < -0.4 is 10.6 Å². The van der Waals surface area contributed by atoms with Crippen LogP contribution in [0.3, 0.4) is 0 Å². The largest absolute Gasteiger partial charge is 0.340 e. The van der Waals surface area contributed by atoms with E-state index in [0.29, 0.717) is 23.9 Å². The van der Waals surface area contributed by atoms with Crippen molar-refractivity contribution in [2.45, 2.75) is 31.6 Å². The number of hydrogen-bond donors (Lipinski definition) is 2.